The van der Waals surface area contributed by atoms with Gasteiger partial charge in [-0.05, 0) is 43.9 Å². The Bertz CT molecular complexity index is 497. The van der Waals surface area contributed by atoms with Crippen LogP contribution in [0.1, 0.15) is 30.9 Å². The number of nitrogens with zero attached hydrogens (tertiary/aromatic N) is 1. The molecule has 1 heterocycles. The Kier molecular flexibility index (Phi) is 6.07. The van der Waals surface area contributed by atoms with Crippen LogP contribution in [-0.2, 0) is 6.54 Å². The maximum absolute atomic E-state index is 11.8. The summed E-state index contributed by atoms with van der Waals surface area (Å²) < 4.78 is 5.36. The van der Waals surface area contributed by atoms with Crippen molar-refractivity contribution in [2.75, 3.05) is 26.7 Å². The van der Waals surface area contributed by atoms with Crippen LogP contribution in [0.5, 0.6) is 5.75 Å². The van der Waals surface area contributed by atoms with Crippen LogP contribution in [0.3, 0.4) is 0 Å². The molecule has 5 heteroatoms. The third kappa shape index (κ3) is 4.37. The van der Waals surface area contributed by atoms with Crippen molar-refractivity contribution in [2.45, 2.75) is 39.3 Å². The fourth-order valence-corrected chi connectivity index (χ4v) is 2.79. The average Bonchev–Trinajstić information content (AvgIpc) is 2.55. The van der Waals surface area contributed by atoms with Crippen LogP contribution in [-0.4, -0.2) is 43.7 Å². The van der Waals surface area contributed by atoms with Gasteiger partial charge < -0.3 is 20.3 Å². The summed E-state index contributed by atoms with van der Waals surface area (Å²) in [5.74, 6) is 0.936. The molecule has 122 valence electrons. The minimum atomic E-state index is 0.0595. The minimum absolute atomic E-state index is 0.0595. The van der Waals surface area contributed by atoms with Gasteiger partial charge in [-0.1, -0.05) is 12.1 Å². The minimum Gasteiger partial charge on any atom is -0.496 e. The first-order valence-corrected chi connectivity index (χ1v) is 8.03. The summed E-state index contributed by atoms with van der Waals surface area (Å²) >= 11 is 0. The fourth-order valence-electron chi connectivity index (χ4n) is 2.79. The Morgan fingerprint density at radius 1 is 1.36 bits per heavy atom. The molecule has 0 aliphatic carbocycles. The van der Waals surface area contributed by atoms with Gasteiger partial charge in [0.15, 0.2) is 0 Å². The number of urea groups is 1. The van der Waals surface area contributed by atoms with E-state index in [0.717, 1.165) is 43.8 Å². The molecule has 1 aromatic carbocycles. The Balaban J connectivity index is 1.78. The van der Waals surface area contributed by atoms with Gasteiger partial charge in [-0.2, -0.15) is 0 Å². The van der Waals surface area contributed by atoms with Crippen molar-refractivity contribution in [3.63, 3.8) is 0 Å². The Morgan fingerprint density at radius 3 is 2.73 bits per heavy atom. The predicted octanol–water partition coefficient (Wildman–Crippen LogP) is 2.29. The third-order valence-corrected chi connectivity index (χ3v) is 4.18. The highest BCUT2D eigenvalue weighted by Crippen LogP contribution is 2.19. The SMILES string of the molecule is CCNC(=O)N1CCC(NCc2ccc(C)c(OC)c2)CC1. The van der Waals surface area contributed by atoms with Gasteiger partial charge in [0.2, 0.25) is 0 Å². The molecule has 1 aromatic rings. The van der Waals surface area contributed by atoms with Crippen molar-refractivity contribution in [3.8, 4) is 5.75 Å². The largest absolute Gasteiger partial charge is 0.496 e. The number of amides is 2. The Hall–Kier alpha value is -1.75. The van der Waals surface area contributed by atoms with E-state index >= 15 is 0 Å². The molecule has 0 radical (unpaired) electrons. The number of hydrogen-bond acceptors (Lipinski definition) is 3. The summed E-state index contributed by atoms with van der Waals surface area (Å²) in [4.78, 5) is 13.7. The first-order chi connectivity index (χ1) is 10.6. The lowest BCUT2D eigenvalue weighted by Crippen LogP contribution is -2.48. The lowest BCUT2D eigenvalue weighted by molar-refractivity contribution is 0.177. The summed E-state index contributed by atoms with van der Waals surface area (Å²) in [5.41, 5.74) is 2.38. The number of likely N-dealkylation sites (tertiary alicyclic amines) is 1. The van der Waals surface area contributed by atoms with E-state index in [1.54, 1.807) is 7.11 Å². The van der Waals surface area contributed by atoms with Crippen LogP contribution in [0, 0.1) is 6.92 Å². The molecule has 1 aliphatic rings. The zero-order chi connectivity index (χ0) is 15.9. The Labute approximate surface area is 133 Å². The molecule has 0 aromatic heterocycles. The fraction of sp³-hybridized carbons (Fsp3) is 0.588. The predicted molar refractivity (Wildman–Crippen MR) is 88.2 cm³/mol. The highest BCUT2D eigenvalue weighted by Gasteiger charge is 2.21. The normalized spacial score (nSPS) is 15.7. The third-order valence-electron chi connectivity index (χ3n) is 4.18. The number of benzene rings is 1. The quantitative estimate of drug-likeness (QED) is 0.877. The summed E-state index contributed by atoms with van der Waals surface area (Å²) in [6.45, 7) is 7.16. The summed E-state index contributed by atoms with van der Waals surface area (Å²) in [6.07, 6.45) is 2.00. The topological polar surface area (TPSA) is 53.6 Å². The molecule has 2 amide bonds. The second-order valence-corrected chi connectivity index (χ2v) is 5.78. The van der Waals surface area contributed by atoms with E-state index in [4.69, 9.17) is 4.74 Å². The van der Waals surface area contributed by atoms with Crippen LogP contribution in [0.15, 0.2) is 18.2 Å². The van der Waals surface area contributed by atoms with Crippen LogP contribution < -0.4 is 15.4 Å². The van der Waals surface area contributed by atoms with Gasteiger partial charge in [-0.15, -0.1) is 0 Å². The van der Waals surface area contributed by atoms with Crippen molar-refractivity contribution < 1.29 is 9.53 Å². The molecule has 5 nitrogen and oxygen atoms in total. The van der Waals surface area contributed by atoms with Crippen LogP contribution in [0.2, 0.25) is 0 Å². The lowest BCUT2D eigenvalue weighted by atomic mass is 10.0. The van der Waals surface area contributed by atoms with E-state index < -0.39 is 0 Å². The van der Waals surface area contributed by atoms with Crippen molar-refractivity contribution in [2.24, 2.45) is 0 Å². The first-order valence-electron chi connectivity index (χ1n) is 8.03. The van der Waals surface area contributed by atoms with Crippen molar-refractivity contribution in [1.29, 1.82) is 0 Å². The molecule has 1 aliphatic heterocycles. The monoisotopic (exact) mass is 305 g/mol. The van der Waals surface area contributed by atoms with Gasteiger partial charge in [0.05, 0.1) is 7.11 Å². The molecule has 2 N–H and O–H groups in total. The average molecular weight is 305 g/mol. The number of aryl methyl sites for hydroxylation is 1. The molecule has 2 rings (SSSR count). The number of nitrogens with one attached hydrogen (secondary N) is 2. The van der Waals surface area contributed by atoms with E-state index in [1.807, 2.05) is 18.7 Å². The molecule has 1 fully saturated rings. The number of methoxy groups -OCH3 is 1. The molecule has 1 saturated heterocycles. The van der Waals surface area contributed by atoms with Crippen LogP contribution in [0.4, 0.5) is 4.79 Å². The van der Waals surface area contributed by atoms with Gasteiger partial charge >= 0.3 is 6.03 Å². The molecular formula is C17H27N3O2. The second-order valence-electron chi connectivity index (χ2n) is 5.78. The lowest BCUT2D eigenvalue weighted by Gasteiger charge is -2.32. The van der Waals surface area contributed by atoms with Gasteiger partial charge in [0.25, 0.3) is 0 Å². The molecule has 0 saturated carbocycles. The van der Waals surface area contributed by atoms with Gasteiger partial charge in [-0.3, -0.25) is 0 Å². The molecule has 0 atom stereocenters. The highest BCUT2D eigenvalue weighted by molar-refractivity contribution is 5.74. The van der Waals surface area contributed by atoms with Crippen LogP contribution in [0.25, 0.3) is 0 Å². The number of carbonyl (C=O) groups excluding carboxylic acids is 1. The van der Waals surface area contributed by atoms with Gasteiger partial charge in [-0.25, -0.2) is 4.79 Å². The Morgan fingerprint density at radius 2 is 2.09 bits per heavy atom. The van der Waals surface area contributed by atoms with E-state index in [2.05, 4.69) is 28.8 Å². The van der Waals surface area contributed by atoms with E-state index in [1.165, 1.54) is 5.56 Å². The molecule has 22 heavy (non-hydrogen) atoms. The highest BCUT2D eigenvalue weighted by atomic mass is 16.5. The molecule has 0 spiro atoms. The zero-order valence-corrected chi connectivity index (χ0v) is 13.8. The van der Waals surface area contributed by atoms with Crippen LogP contribution >= 0.6 is 0 Å². The number of carbonyl (C=O) groups is 1. The molecule has 0 unspecified atom stereocenters. The van der Waals surface area contributed by atoms with E-state index in [0.29, 0.717) is 12.6 Å². The number of piperidine rings is 1. The summed E-state index contributed by atoms with van der Waals surface area (Å²) in [5, 5.41) is 6.44. The maximum Gasteiger partial charge on any atom is 0.317 e. The number of ether oxygens (including phenoxy) is 1. The van der Waals surface area contributed by atoms with Crippen molar-refractivity contribution in [1.82, 2.24) is 15.5 Å². The summed E-state index contributed by atoms with van der Waals surface area (Å²) in [7, 11) is 1.70. The summed E-state index contributed by atoms with van der Waals surface area (Å²) in [6, 6.07) is 6.84. The van der Waals surface area contributed by atoms with Gasteiger partial charge in [0, 0.05) is 32.2 Å². The standard InChI is InChI=1S/C17H27N3O2/c1-4-18-17(21)20-9-7-15(8-10-20)19-12-14-6-5-13(2)16(11-14)22-3/h5-6,11,15,19H,4,7-10,12H2,1-3H3,(H,18,21). The van der Waals surface area contributed by atoms with Crippen molar-refractivity contribution in [3.05, 3.63) is 29.3 Å². The number of hydrogen-bond donors (Lipinski definition) is 2. The van der Waals surface area contributed by atoms with Gasteiger partial charge in [0.1, 0.15) is 5.75 Å². The molecular weight excluding hydrogens is 278 g/mol. The smallest absolute Gasteiger partial charge is 0.317 e. The maximum atomic E-state index is 11.8. The second kappa shape index (κ2) is 8.03. The van der Waals surface area contributed by atoms with E-state index in [9.17, 15) is 4.79 Å². The zero-order valence-electron chi connectivity index (χ0n) is 13.8. The molecule has 0 bridgehead atoms. The first kappa shape index (κ1) is 16.6. The van der Waals surface area contributed by atoms with Crippen molar-refractivity contribution >= 4 is 6.03 Å². The van der Waals surface area contributed by atoms with E-state index in [-0.39, 0.29) is 6.03 Å². The number of rotatable bonds is 5.